The van der Waals surface area contributed by atoms with E-state index in [0.29, 0.717) is 17.2 Å². The van der Waals surface area contributed by atoms with Gasteiger partial charge in [-0.05, 0) is 30.2 Å². The number of carbonyl (C=O) groups is 1. The monoisotopic (exact) mass is 391 g/mol. The number of hydrogen-bond acceptors (Lipinski definition) is 4. The summed E-state index contributed by atoms with van der Waals surface area (Å²) < 4.78 is 7.53. The molecule has 1 amide bonds. The third kappa shape index (κ3) is 3.77. The van der Waals surface area contributed by atoms with Gasteiger partial charge in [0.15, 0.2) is 0 Å². The number of aromatic nitrogens is 2. The number of imidazole rings is 1. The molecule has 0 fully saturated rings. The van der Waals surface area contributed by atoms with Crippen molar-refractivity contribution in [2.45, 2.75) is 13.0 Å². The van der Waals surface area contributed by atoms with Crippen LogP contribution in [0, 0.1) is 0 Å². The number of benzene rings is 2. The van der Waals surface area contributed by atoms with Crippen molar-refractivity contribution < 1.29 is 9.53 Å². The summed E-state index contributed by atoms with van der Waals surface area (Å²) in [5, 5.41) is 3.01. The molecule has 0 spiro atoms. The lowest BCUT2D eigenvalue weighted by molar-refractivity contribution is 0.0954. The lowest BCUT2D eigenvalue weighted by Crippen LogP contribution is -2.24. The predicted molar refractivity (Wildman–Crippen MR) is 113 cm³/mol. The molecule has 0 aliphatic rings. The highest BCUT2D eigenvalue weighted by Crippen LogP contribution is 2.36. The first kappa shape index (κ1) is 18.3. The van der Waals surface area contributed by atoms with Gasteiger partial charge in [0.1, 0.15) is 10.6 Å². The number of ether oxygens (including phenoxy) is 1. The van der Waals surface area contributed by atoms with Crippen LogP contribution in [0.25, 0.3) is 21.5 Å². The van der Waals surface area contributed by atoms with Crippen molar-refractivity contribution in [3.05, 3.63) is 71.9 Å². The van der Waals surface area contributed by atoms with Crippen LogP contribution in [-0.2, 0) is 6.54 Å². The van der Waals surface area contributed by atoms with Gasteiger partial charge in [0, 0.05) is 18.0 Å². The maximum absolute atomic E-state index is 12.6. The van der Waals surface area contributed by atoms with E-state index in [1.807, 2.05) is 60.9 Å². The van der Waals surface area contributed by atoms with Gasteiger partial charge in [-0.1, -0.05) is 42.5 Å². The molecular formula is C22H21N3O2S. The summed E-state index contributed by atoms with van der Waals surface area (Å²) in [7, 11) is 1.59. The molecule has 0 radical (unpaired) electrons. The van der Waals surface area contributed by atoms with Gasteiger partial charge in [-0.15, -0.1) is 11.3 Å². The van der Waals surface area contributed by atoms with Gasteiger partial charge >= 0.3 is 0 Å². The highest BCUT2D eigenvalue weighted by Gasteiger charge is 2.17. The topological polar surface area (TPSA) is 56.1 Å². The number of fused-ring (bicyclic) bond motifs is 1. The van der Waals surface area contributed by atoms with Gasteiger partial charge in [-0.25, -0.2) is 4.98 Å². The molecule has 0 unspecified atom stereocenters. The number of nitrogens with one attached hydrogen (secondary N) is 1. The average Bonchev–Trinajstić information content (AvgIpc) is 3.36. The summed E-state index contributed by atoms with van der Waals surface area (Å²) in [4.78, 5) is 18.7. The van der Waals surface area contributed by atoms with Gasteiger partial charge < -0.3 is 14.6 Å². The second-order valence-electron chi connectivity index (χ2n) is 6.41. The number of thiophene rings is 1. The number of nitrogens with zero attached hydrogens (tertiary/aromatic N) is 2. The Labute approximate surface area is 167 Å². The normalized spacial score (nSPS) is 10.9. The number of para-hydroxylation sites is 2. The van der Waals surface area contributed by atoms with E-state index >= 15 is 0 Å². The second kappa shape index (κ2) is 8.27. The molecule has 4 aromatic rings. The van der Waals surface area contributed by atoms with Gasteiger partial charge in [-0.3, -0.25) is 4.79 Å². The third-order valence-corrected chi connectivity index (χ3v) is 5.74. The Kier molecular flexibility index (Phi) is 5.39. The number of aryl methyl sites for hydroxylation is 1. The van der Waals surface area contributed by atoms with Crippen LogP contribution >= 0.6 is 11.3 Å². The minimum atomic E-state index is -0.0977. The van der Waals surface area contributed by atoms with Crippen molar-refractivity contribution in [2.24, 2.45) is 0 Å². The molecule has 2 heterocycles. The molecule has 6 heteroatoms. The summed E-state index contributed by atoms with van der Waals surface area (Å²) in [6.45, 7) is 1.39. The Hall–Kier alpha value is -3.12. The molecule has 4 rings (SSSR count). The van der Waals surface area contributed by atoms with Crippen LogP contribution in [0.5, 0.6) is 5.75 Å². The van der Waals surface area contributed by atoms with Crippen LogP contribution in [0.4, 0.5) is 0 Å². The molecular weight excluding hydrogens is 370 g/mol. The fourth-order valence-electron chi connectivity index (χ4n) is 3.15. The molecule has 142 valence electrons. The van der Waals surface area contributed by atoms with Crippen LogP contribution in [0.3, 0.4) is 0 Å². The summed E-state index contributed by atoms with van der Waals surface area (Å²) >= 11 is 1.45. The maximum atomic E-state index is 12.6. The second-order valence-corrected chi connectivity index (χ2v) is 7.46. The van der Waals surface area contributed by atoms with Crippen LogP contribution in [0.2, 0.25) is 0 Å². The minimum absolute atomic E-state index is 0.0977. The first-order valence-corrected chi connectivity index (χ1v) is 9.99. The highest BCUT2D eigenvalue weighted by atomic mass is 32.1. The Morgan fingerprint density at radius 3 is 2.75 bits per heavy atom. The maximum Gasteiger partial charge on any atom is 0.265 e. The van der Waals surface area contributed by atoms with Crippen molar-refractivity contribution in [3.63, 3.8) is 0 Å². The average molecular weight is 391 g/mol. The Morgan fingerprint density at radius 1 is 1.14 bits per heavy atom. The van der Waals surface area contributed by atoms with Crippen molar-refractivity contribution in [1.82, 2.24) is 14.9 Å². The smallest absolute Gasteiger partial charge is 0.265 e. The molecule has 0 bridgehead atoms. The predicted octanol–water partition coefficient (Wildman–Crippen LogP) is 4.59. The molecule has 0 atom stereocenters. The van der Waals surface area contributed by atoms with Gasteiger partial charge in [0.2, 0.25) is 0 Å². The lowest BCUT2D eigenvalue weighted by Gasteiger charge is -2.07. The Morgan fingerprint density at radius 2 is 1.93 bits per heavy atom. The third-order valence-electron chi connectivity index (χ3n) is 4.57. The first-order valence-electron chi connectivity index (χ1n) is 9.17. The van der Waals surface area contributed by atoms with Crippen molar-refractivity contribution in [1.29, 1.82) is 0 Å². The van der Waals surface area contributed by atoms with Gasteiger partial charge in [0.25, 0.3) is 5.91 Å². The molecule has 2 aromatic carbocycles. The molecule has 0 aliphatic carbocycles. The van der Waals surface area contributed by atoms with E-state index in [1.165, 1.54) is 11.3 Å². The zero-order chi connectivity index (χ0) is 19.3. The molecule has 0 saturated heterocycles. The quantitative estimate of drug-likeness (QED) is 0.469. The Bertz CT molecular complexity index is 1090. The largest absolute Gasteiger partial charge is 0.495 e. The van der Waals surface area contributed by atoms with E-state index < -0.39 is 0 Å². The van der Waals surface area contributed by atoms with E-state index in [9.17, 15) is 4.79 Å². The highest BCUT2D eigenvalue weighted by molar-refractivity contribution is 7.17. The SMILES string of the molecule is COc1cc(-c2ccccc2)sc1C(=O)NCCCn1cnc2ccccc21. The fraction of sp³-hybridized carbons (Fsp3) is 0.182. The molecule has 1 N–H and O–H groups in total. The zero-order valence-corrected chi connectivity index (χ0v) is 16.4. The van der Waals surface area contributed by atoms with Crippen LogP contribution in [0.1, 0.15) is 16.1 Å². The zero-order valence-electron chi connectivity index (χ0n) is 15.6. The van der Waals surface area contributed by atoms with Crippen LogP contribution in [0.15, 0.2) is 67.0 Å². The summed E-state index contributed by atoms with van der Waals surface area (Å²) in [6.07, 6.45) is 2.67. The molecule has 28 heavy (non-hydrogen) atoms. The standard InChI is InChI=1S/C22H21N3O2S/c1-27-19-14-20(16-8-3-2-4-9-16)28-21(19)22(26)23-12-7-13-25-15-24-17-10-5-6-11-18(17)25/h2-6,8-11,14-15H,7,12-13H2,1H3,(H,23,26). The summed E-state index contributed by atoms with van der Waals surface area (Å²) in [5.74, 6) is 0.515. The number of carbonyl (C=O) groups excluding carboxylic acids is 1. The van der Waals surface area contributed by atoms with E-state index in [-0.39, 0.29) is 5.91 Å². The number of amides is 1. The molecule has 2 aromatic heterocycles. The van der Waals surface area contributed by atoms with Crippen LogP contribution < -0.4 is 10.1 Å². The van der Waals surface area contributed by atoms with Crippen molar-refractivity contribution in [3.8, 4) is 16.2 Å². The van der Waals surface area contributed by atoms with Crippen molar-refractivity contribution >= 4 is 28.3 Å². The van der Waals surface area contributed by atoms with Crippen molar-refractivity contribution in [2.75, 3.05) is 13.7 Å². The minimum Gasteiger partial charge on any atom is -0.495 e. The number of methoxy groups -OCH3 is 1. The lowest BCUT2D eigenvalue weighted by atomic mass is 10.2. The molecule has 0 saturated carbocycles. The van der Waals surface area contributed by atoms with E-state index in [4.69, 9.17) is 4.74 Å². The number of rotatable bonds is 7. The van der Waals surface area contributed by atoms with Gasteiger partial charge in [0.05, 0.1) is 24.5 Å². The van der Waals surface area contributed by atoms with Crippen LogP contribution in [-0.4, -0.2) is 29.1 Å². The fourth-order valence-corrected chi connectivity index (χ4v) is 4.20. The molecule has 5 nitrogen and oxygen atoms in total. The first-order chi connectivity index (χ1) is 13.8. The van der Waals surface area contributed by atoms with E-state index in [2.05, 4.69) is 20.9 Å². The van der Waals surface area contributed by atoms with Gasteiger partial charge in [-0.2, -0.15) is 0 Å². The summed E-state index contributed by atoms with van der Waals surface area (Å²) in [5.41, 5.74) is 3.18. The molecule has 0 aliphatic heterocycles. The Balaban J connectivity index is 1.38. The van der Waals surface area contributed by atoms with E-state index in [0.717, 1.165) is 34.4 Å². The summed E-state index contributed by atoms with van der Waals surface area (Å²) in [6, 6.07) is 20.0. The number of hydrogen-bond donors (Lipinski definition) is 1. The van der Waals surface area contributed by atoms with E-state index in [1.54, 1.807) is 7.11 Å².